The van der Waals surface area contributed by atoms with Crippen molar-refractivity contribution in [1.82, 2.24) is 9.88 Å². The van der Waals surface area contributed by atoms with E-state index in [2.05, 4.69) is 4.98 Å². The summed E-state index contributed by atoms with van der Waals surface area (Å²) < 4.78 is 16.6. The number of nitrogens with zero attached hydrogens (tertiary/aromatic N) is 2. The fraction of sp³-hybridized carbons (Fsp3) is 0.333. The number of ether oxygens (including phenoxy) is 2. The number of carbonyl (C=O) groups excluding carboxylic acids is 1. The minimum atomic E-state index is -0.209. The highest BCUT2D eigenvalue weighted by Gasteiger charge is 2.24. The smallest absolute Gasteiger partial charge is 0.290 e. The summed E-state index contributed by atoms with van der Waals surface area (Å²) in [5.74, 6) is 0.890. The van der Waals surface area contributed by atoms with Crippen molar-refractivity contribution >= 4 is 16.9 Å². The maximum absolute atomic E-state index is 13.1. The van der Waals surface area contributed by atoms with Crippen LogP contribution in [0.4, 0.5) is 0 Å². The average Bonchev–Trinajstić information content (AvgIpc) is 3.03. The quantitative estimate of drug-likeness (QED) is 0.661. The Morgan fingerprint density at radius 2 is 1.96 bits per heavy atom. The van der Waals surface area contributed by atoms with Crippen LogP contribution in [0.5, 0.6) is 5.75 Å². The van der Waals surface area contributed by atoms with Crippen LogP contribution in [0.3, 0.4) is 0 Å². The maximum Gasteiger partial charge on any atom is 0.290 e. The molecular weight excluding hydrogens is 344 g/mol. The molecule has 0 unspecified atom stereocenters. The number of pyridine rings is 1. The summed E-state index contributed by atoms with van der Waals surface area (Å²) in [5, 5.41) is 0.891. The van der Waals surface area contributed by atoms with Crippen molar-refractivity contribution in [1.29, 1.82) is 0 Å². The lowest BCUT2D eigenvalue weighted by Gasteiger charge is -2.19. The van der Waals surface area contributed by atoms with Gasteiger partial charge in [0, 0.05) is 42.4 Å². The normalized spacial score (nSPS) is 11.0. The van der Waals surface area contributed by atoms with Crippen LogP contribution in [0, 0.1) is 13.8 Å². The van der Waals surface area contributed by atoms with Crippen molar-refractivity contribution in [2.24, 2.45) is 0 Å². The zero-order valence-electron chi connectivity index (χ0n) is 16.3. The highest BCUT2D eigenvalue weighted by atomic mass is 16.5. The molecule has 3 aromatic rings. The van der Waals surface area contributed by atoms with Crippen molar-refractivity contribution in [3.8, 4) is 5.75 Å². The Bertz CT molecular complexity index is 978. The zero-order valence-corrected chi connectivity index (χ0v) is 16.3. The monoisotopic (exact) mass is 368 g/mol. The molecule has 142 valence electrons. The topological polar surface area (TPSA) is 64.8 Å². The van der Waals surface area contributed by atoms with Crippen molar-refractivity contribution in [2.45, 2.75) is 27.0 Å². The molecular formula is C21H24N2O4. The van der Waals surface area contributed by atoms with Gasteiger partial charge in [-0.2, -0.15) is 0 Å². The number of rotatable bonds is 6. The number of aryl methyl sites for hydroxylation is 1. The minimum Gasteiger partial charge on any atom is -0.496 e. The van der Waals surface area contributed by atoms with Gasteiger partial charge in [0.15, 0.2) is 5.76 Å². The second kappa shape index (κ2) is 7.80. The maximum atomic E-state index is 13.1. The molecule has 3 rings (SSSR count). The van der Waals surface area contributed by atoms with Crippen molar-refractivity contribution in [3.05, 3.63) is 58.6 Å². The summed E-state index contributed by atoms with van der Waals surface area (Å²) in [5.41, 5.74) is 4.12. The third kappa shape index (κ3) is 3.53. The molecule has 0 fully saturated rings. The number of amides is 1. The molecule has 0 atom stereocenters. The van der Waals surface area contributed by atoms with Crippen LogP contribution in [0.15, 0.2) is 34.9 Å². The lowest BCUT2D eigenvalue weighted by Crippen LogP contribution is -2.27. The molecule has 6 nitrogen and oxygen atoms in total. The Kier molecular flexibility index (Phi) is 5.46. The van der Waals surface area contributed by atoms with Gasteiger partial charge in [0.1, 0.15) is 11.3 Å². The van der Waals surface area contributed by atoms with Gasteiger partial charge in [-0.05, 0) is 19.9 Å². The SMILES string of the molecule is COCc1c(C(=O)N(C)Cc2ncc(C)c(OC)c2C)oc2ccccc12. The Labute approximate surface area is 158 Å². The van der Waals surface area contributed by atoms with E-state index < -0.39 is 0 Å². The minimum absolute atomic E-state index is 0.209. The van der Waals surface area contributed by atoms with Gasteiger partial charge in [-0.15, -0.1) is 0 Å². The van der Waals surface area contributed by atoms with Gasteiger partial charge in [-0.1, -0.05) is 18.2 Å². The molecule has 2 aromatic heterocycles. The van der Waals surface area contributed by atoms with E-state index in [-0.39, 0.29) is 5.91 Å². The molecule has 2 heterocycles. The van der Waals surface area contributed by atoms with E-state index in [9.17, 15) is 4.79 Å². The molecule has 0 spiro atoms. The summed E-state index contributed by atoms with van der Waals surface area (Å²) in [6, 6.07) is 7.58. The standard InChI is InChI=1S/C21H24N2O4/c1-13-10-22-17(14(2)19(13)26-5)11-23(3)21(24)20-16(12-25-4)15-8-6-7-9-18(15)27-20/h6-10H,11-12H2,1-5H3. The van der Waals surface area contributed by atoms with E-state index in [0.717, 1.165) is 33.5 Å². The third-order valence-electron chi connectivity index (χ3n) is 4.66. The molecule has 6 heteroatoms. The van der Waals surface area contributed by atoms with Gasteiger partial charge in [0.25, 0.3) is 5.91 Å². The van der Waals surface area contributed by atoms with Crippen LogP contribution in [-0.4, -0.2) is 37.1 Å². The van der Waals surface area contributed by atoms with E-state index in [0.29, 0.717) is 24.5 Å². The van der Waals surface area contributed by atoms with Gasteiger partial charge in [-0.25, -0.2) is 0 Å². The summed E-state index contributed by atoms with van der Waals surface area (Å²) >= 11 is 0. The van der Waals surface area contributed by atoms with E-state index in [1.165, 1.54) is 0 Å². The number of aromatic nitrogens is 1. The molecule has 0 bridgehead atoms. The lowest BCUT2D eigenvalue weighted by molar-refractivity contribution is 0.0747. The van der Waals surface area contributed by atoms with Crippen LogP contribution in [0.1, 0.15) is 32.9 Å². The number of carbonyl (C=O) groups is 1. The highest BCUT2D eigenvalue weighted by molar-refractivity contribution is 5.98. The molecule has 0 aliphatic carbocycles. The molecule has 0 saturated heterocycles. The first kappa shape index (κ1) is 18.9. The predicted molar refractivity (Wildman–Crippen MR) is 103 cm³/mol. The highest BCUT2D eigenvalue weighted by Crippen LogP contribution is 2.29. The van der Waals surface area contributed by atoms with E-state index in [1.807, 2.05) is 38.1 Å². The Morgan fingerprint density at radius 1 is 1.22 bits per heavy atom. The first-order valence-electron chi connectivity index (χ1n) is 8.71. The molecule has 0 radical (unpaired) electrons. The first-order chi connectivity index (χ1) is 13.0. The molecule has 0 aliphatic rings. The lowest BCUT2D eigenvalue weighted by atomic mass is 10.1. The van der Waals surface area contributed by atoms with Crippen molar-refractivity contribution in [3.63, 3.8) is 0 Å². The van der Waals surface area contributed by atoms with Gasteiger partial charge >= 0.3 is 0 Å². The molecule has 27 heavy (non-hydrogen) atoms. The molecule has 0 aliphatic heterocycles. The molecule has 1 aromatic carbocycles. The summed E-state index contributed by atoms with van der Waals surface area (Å²) in [6.07, 6.45) is 1.76. The van der Waals surface area contributed by atoms with Crippen LogP contribution in [0.2, 0.25) is 0 Å². The Balaban J connectivity index is 1.92. The van der Waals surface area contributed by atoms with Crippen LogP contribution in [0.25, 0.3) is 11.0 Å². The van der Waals surface area contributed by atoms with E-state index >= 15 is 0 Å². The fourth-order valence-corrected chi connectivity index (χ4v) is 3.26. The summed E-state index contributed by atoms with van der Waals surface area (Å²) in [6.45, 7) is 4.55. The Morgan fingerprint density at radius 3 is 2.67 bits per heavy atom. The van der Waals surface area contributed by atoms with Crippen molar-refractivity contribution in [2.75, 3.05) is 21.3 Å². The first-order valence-corrected chi connectivity index (χ1v) is 8.71. The van der Waals surface area contributed by atoms with Gasteiger partial charge in [0.2, 0.25) is 0 Å². The number of methoxy groups -OCH3 is 2. The van der Waals surface area contributed by atoms with Crippen LogP contribution < -0.4 is 4.74 Å². The van der Waals surface area contributed by atoms with Gasteiger partial charge in [-0.3, -0.25) is 9.78 Å². The molecule has 1 amide bonds. The number of furan rings is 1. The van der Waals surface area contributed by atoms with E-state index in [4.69, 9.17) is 13.9 Å². The van der Waals surface area contributed by atoms with Crippen LogP contribution in [-0.2, 0) is 17.9 Å². The second-order valence-electron chi connectivity index (χ2n) is 6.55. The number of para-hydroxylation sites is 1. The predicted octanol–water partition coefficient (Wildman–Crippen LogP) is 3.87. The number of hydrogen-bond acceptors (Lipinski definition) is 5. The Hall–Kier alpha value is -2.86. The van der Waals surface area contributed by atoms with Gasteiger partial charge < -0.3 is 18.8 Å². The largest absolute Gasteiger partial charge is 0.496 e. The van der Waals surface area contributed by atoms with E-state index in [1.54, 1.807) is 32.4 Å². The second-order valence-corrected chi connectivity index (χ2v) is 6.55. The van der Waals surface area contributed by atoms with Crippen LogP contribution >= 0.6 is 0 Å². The number of benzene rings is 1. The third-order valence-corrected chi connectivity index (χ3v) is 4.66. The fourth-order valence-electron chi connectivity index (χ4n) is 3.26. The zero-order chi connectivity index (χ0) is 19.6. The molecule has 0 N–H and O–H groups in total. The number of hydrogen-bond donors (Lipinski definition) is 0. The average molecular weight is 368 g/mol. The van der Waals surface area contributed by atoms with Gasteiger partial charge in [0.05, 0.1) is 26.0 Å². The summed E-state index contributed by atoms with van der Waals surface area (Å²) in [4.78, 5) is 19.1. The number of fused-ring (bicyclic) bond motifs is 1. The van der Waals surface area contributed by atoms with Crippen molar-refractivity contribution < 1.29 is 18.7 Å². The summed E-state index contributed by atoms with van der Waals surface area (Å²) in [7, 11) is 4.98. The molecule has 0 saturated carbocycles.